The van der Waals surface area contributed by atoms with Gasteiger partial charge in [-0.15, -0.1) is 6.58 Å². The fourth-order valence-electron chi connectivity index (χ4n) is 3.06. The third-order valence-electron chi connectivity index (χ3n) is 4.12. The number of carbonyl (C=O) groups excluding carboxylic acids is 2. The Morgan fingerprint density at radius 3 is 2.93 bits per heavy atom. The predicted octanol–water partition coefficient (Wildman–Crippen LogP) is 2.19. The van der Waals surface area contributed by atoms with Crippen molar-refractivity contribution in [2.75, 3.05) is 19.7 Å². The van der Waals surface area contributed by atoms with Crippen molar-refractivity contribution in [1.82, 2.24) is 20.3 Å². The molecule has 9 heteroatoms. The molecule has 1 N–H and O–H groups in total. The molecule has 2 unspecified atom stereocenters. The van der Waals surface area contributed by atoms with Gasteiger partial charge in [0.05, 0.1) is 25.4 Å². The average Bonchev–Trinajstić information content (AvgIpc) is 3.20. The number of oxazole rings is 1. The number of hydroxylamine groups is 2. The van der Waals surface area contributed by atoms with Gasteiger partial charge in [0.25, 0.3) is 0 Å². The van der Waals surface area contributed by atoms with Crippen LogP contribution in [0.25, 0.3) is 5.57 Å². The monoisotopic (exact) mass is 376 g/mol. The fraction of sp³-hybridized carbons (Fsp3) is 0.500. The molecular formula is C18H24N4O5. The van der Waals surface area contributed by atoms with Gasteiger partial charge in [-0.1, -0.05) is 12.2 Å². The summed E-state index contributed by atoms with van der Waals surface area (Å²) in [4.78, 5) is 35.9. The number of urea groups is 1. The van der Waals surface area contributed by atoms with Crippen molar-refractivity contribution >= 4 is 17.7 Å². The highest BCUT2D eigenvalue weighted by Crippen LogP contribution is 2.35. The van der Waals surface area contributed by atoms with Gasteiger partial charge in [0.2, 0.25) is 0 Å². The molecule has 2 bridgehead atoms. The molecule has 0 aromatic carbocycles. The lowest BCUT2D eigenvalue weighted by Crippen LogP contribution is -2.46. The smallest absolute Gasteiger partial charge is 0.407 e. The van der Waals surface area contributed by atoms with E-state index in [-0.39, 0.29) is 31.3 Å². The van der Waals surface area contributed by atoms with Crippen molar-refractivity contribution in [3.63, 3.8) is 0 Å². The predicted molar refractivity (Wildman–Crippen MR) is 96.4 cm³/mol. The third-order valence-corrected chi connectivity index (χ3v) is 4.12. The zero-order valence-electron chi connectivity index (χ0n) is 15.7. The molecule has 1 saturated heterocycles. The number of carbonyl (C=O) groups is 2. The van der Waals surface area contributed by atoms with E-state index in [2.05, 4.69) is 16.9 Å². The van der Waals surface area contributed by atoms with Gasteiger partial charge in [0.1, 0.15) is 11.6 Å². The highest BCUT2D eigenvalue weighted by molar-refractivity contribution is 5.85. The third kappa shape index (κ3) is 4.13. The van der Waals surface area contributed by atoms with Crippen LogP contribution in [-0.4, -0.2) is 64.5 Å². The molecule has 1 aromatic heterocycles. The Kier molecular flexibility index (Phi) is 5.22. The Labute approximate surface area is 157 Å². The zero-order valence-corrected chi connectivity index (χ0v) is 15.7. The molecule has 9 nitrogen and oxygen atoms in total. The Bertz CT molecular complexity index is 737. The van der Waals surface area contributed by atoms with E-state index in [1.165, 1.54) is 11.5 Å². The van der Waals surface area contributed by atoms with Crippen molar-refractivity contribution in [3.8, 4) is 0 Å². The molecule has 3 heterocycles. The normalized spacial score (nSPS) is 21.9. The molecule has 3 amide bonds. The molecule has 0 spiro atoms. The Morgan fingerprint density at radius 2 is 2.30 bits per heavy atom. The highest BCUT2D eigenvalue weighted by atomic mass is 16.7. The highest BCUT2D eigenvalue weighted by Gasteiger charge is 2.47. The summed E-state index contributed by atoms with van der Waals surface area (Å²) < 4.78 is 10.7. The number of aromatic nitrogens is 1. The standard InChI is InChI=1S/C18H24N4O5/c1-5-6-26-22-14-10-21(17(22)24)12(7-13(14)15-9-19-11-25-15)8-20-16(23)27-18(2,3)4/h5,7,9,11-12,14H,1,6,8,10H2,2-4H3,(H,20,23). The lowest BCUT2D eigenvalue weighted by molar-refractivity contribution is -0.106. The Hall–Kier alpha value is -2.81. The van der Waals surface area contributed by atoms with Crippen LogP contribution < -0.4 is 5.32 Å². The summed E-state index contributed by atoms with van der Waals surface area (Å²) >= 11 is 0. The molecule has 27 heavy (non-hydrogen) atoms. The average molecular weight is 376 g/mol. The Balaban J connectivity index is 1.78. The van der Waals surface area contributed by atoms with Gasteiger partial charge >= 0.3 is 12.1 Å². The molecule has 3 rings (SSSR count). The second-order valence-corrected chi connectivity index (χ2v) is 7.30. The summed E-state index contributed by atoms with van der Waals surface area (Å²) in [6.07, 6.45) is 5.85. The first-order chi connectivity index (χ1) is 12.8. The van der Waals surface area contributed by atoms with Gasteiger partial charge in [-0.25, -0.2) is 14.6 Å². The van der Waals surface area contributed by atoms with Gasteiger partial charge in [0.15, 0.2) is 12.2 Å². The van der Waals surface area contributed by atoms with E-state index in [1.54, 1.807) is 37.9 Å². The van der Waals surface area contributed by atoms with E-state index in [4.69, 9.17) is 14.0 Å². The van der Waals surface area contributed by atoms with E-state index in [0.29, 0.717) is 12.3 Å². The summed E-state index contributed by atoms with van der Waals surface area (Å²) in [6.45, 7) is 9.82. The van der Waals surface area contributed by atoms with Crippen LogP contribution in [0, 0.1) is 0 Å². The van der Waals surface area contributed by atoms with Crippen LogP contribution in [0.2, 0.25) is 0 Å². The number of rotatable bonds is 6. The number of fused-ring (bicyclic) bond motifs is 2. The topological polar surface area (TPSA) is 97.1 Å². The first-order valence-electron chi connectivity index (χ1n) is 8.71. The van der Waals surface area contributed by atoms with E-state index in [0.717, 1.165) is 5.57 Å². The van der Waals surface area contributed by atoms with Crippen LogP contribution in [0.3, 0.4) is 0 Å². The number of nitrogens with zero attached hydrogens (tertiary/aromatic N) is 3. The molecule has 1 aromatic rings. The SMILES string of the molecule is C=CCON1C(=O)N2CC1C(c1cnco1)=CC2CNC(=O)OC(C)(C)C. The maximum absolute atomic E-state index is 12.8. The number of hydrogen-bond acceptors (Lipinski definition) is 6. The number of hydrogen-bond donors (Lipinski definition) is 1. The second kappa shape index (κ2) is 7.43. The van der Waals surface area contributed by atoms with Crippen LogP contribution in [-0.2, 0) is 9.57 Å². The summed E-state index contributed by atoms with van der Waals surface area (Å²) in [7, 11) is 0. The quantitative estimate of drug-likeness (QED) is 0.765. The first-order valence-corrected chi connectivity index (χ1v) is 8.71. The number of amides is 3. The molecule has 2 aliphatic heterocycles. The Morgan fingerprint density at radius 1 is 1.52 bits per heavy atom. The molecule has 2 atom stereocenters. The maximum atomic E-state index is 12.8. The van der Waals surface area contributed by atoms with Crippen molar-refractivity contribution in [1.29, 1.82) is 0 Å². The largest absolute Gasteiger partial charge is 0.444 e. The molecule has 0 saturated carbocycles. The first kappa shape index (κ1) is 19.0. The summed E-state index contributed by atoms with van der Waals surface area (Å²) in [5.74, 6) is 0.559. The van der Waals surface area contributed by atoms with Crippen molar-refractivity contribution < 1.29 is 23.6 Å². The summed E-state index contributed by atoms with van der Waals surface area (Å²) in [5, 5.41) is 4.04. The lowest BCUT2D eigenvalue weighted by atomic mass is 9.98. The molecule has 0 radical (unpaired) electrons. The molecule has 2 aliphatic rings. The van der Waals surface area contributed by atoms with Crippen molar-refractivity contribution in [2.24, 2.45) is 0 Å². The van der Waals surface area contributed by atoms with E-state index in [9.17, 15) is 9.59 Å². The lowest BCUT2D eigenvalue weighted by Gasteiger charge is -2.29. The van der Waals surface area contributed by atoms with Crippen LogP contribution in [0.15, 0.2) is 35.7 Å². The van der Waals surface area contributed by atoms with Gasteiger partial charge in [-0.05, 0) is 20.8 Å². The number of ether oxygens (including phenoxy) is 1. The minimum absolute atomic E-state index is 0.209. The second-order valence-electron chi connectivity index (χ2n) is 7.30. The summed E-state index contributed by atoms with van der Waals surface area (Å²) in [6, 6.07) is -0.953. The van der Waals surface area contributed by atoms with Crippen LogP contribution in [0.5, 0.6) is 0 Å². The van der Waals surface area contributed by atoms with Gasteiger partial charge in [-0.3, -0.25) is 4.84 Å². The van der Waals surface area contributed by atoms with Crippen LogP contribution in [0.4, 0.5) is 9.59 Å². The fourth-order valence-corrected chi connectivity index (χ4v) is 3.06. The molecular weight excluding hydrogens is 352 g/mol. The maximum Gasteiger partial charge on any atom is 0.407 e. The van der Waals surface area contributed by atoms with Crippen molar-refractivity contribution in [3.05, 3.63) is 37.1 Å². The van der Waals surface area contributed by atoms with E-state index in [1.807, 2.05) is 6.08 Å². The molecule has 146 valence electrons. The minimum atomic E-state index is -0.596. The molecule has 0 aliphatic carbocycles. The summed E-state index contributed by atoms with van der Waals surface area (Å²) in [5.41, 5.74) is 0.191. The molecule has 1 fully saturated rings. The number of alkyl carbamates (subject to hydrolysis) is 1. The van der Waals surface area contributed by atoms with Crippen LogP contribution >= 0.6 is 0 Å². The zero-order chi connectivity index (χ0) is 19.6. The minimum Gasteiger partial charge on any atom is -0.444 e. The van der Waals surface area contributed by atoms with E-state index < -0.39 is 11.7 Å². The van der Waals surface area contributed by atoms with Crippen LogP contribution in [0.1, 0.15) is 26.5 Å². The number of nitrogens with one attached hydrogen (secondary N) is 1. The van der Waals surface area contributed by atoms with Gasteiger partial charge in [0, 0.05) is 12.1 Å². The van der Waals surface area contributed by atoms with E-state index >= 15 is 0 Å². The van der Waals surface area contributed by atoms with Crippen molar-refractivity contribution in [2.45, 2.75) is 38.5 Å². The van der Waals surface area contributed by atoms with Gasteiger partial charge in [-0.2, -0.15) is 5.06 Å². The van der Waals surface area contributed by atoms with Gasteiger partial charge < -0.3 is 19.4 Å².